The maximum atomic E-state index is 4.46. The van der Waals surface area contributed by atoms with E-state index in [9.17, 15) is 0 Å². The van der Waals surface area contributed by atoms with Crippen molar-refractivity contribution in [1.82, 2.24) is 9.78 Å². The van der Waals surface area contributed by atoms with Crippen molar-refractivity contribution < 1.29 is 0 Å². The molecule has 0 fully saturated rings. The fourth-order valence-corrected chi connectivity index (χ4v) is 1.48. The maximum absolute atomic E-state index is 4.46. The summed E-state index contributed by atoms with van der Waals surface area (Å²) in [6, 6.07) is 2.59. The number of nitrogens with zero attached hydrogens (tertiary/aromatic N) is 2. The van der Waals surface area contributed by atoms with Gasteiger partial charge in [-0.2, -0.15) is 5.10 Å². The monoisotopic (exact) mass is 195 g/mol. The zero-order valence-corrected chi connectivity index (χ0v) is 9.83. The third kappa shape index (κ3) is 3.05. The predicted octanol–water partition coefficient (Wildman–Crippen LogP) is 2.44. The lowest BCUT2D eigenvalue weighted by Gasteiger charge is -2.08. The summed E-state index contributed by atoms with van der Waals surface area (Å²) >= 11 is 0. The first kappa shape index (κ1) is 11.1. The van der Waals surface area contributed by atoms with Crippen molar-refractivity contribution >= 4 is 5.82 Å². The van der Waals surface area contributed by atoms with Gasteiger partial charge < -0.3 is 5.32 Å². The highest BCUT2D eigenvalue weighted by atomic mass is 15.3. The molecule has 0 aromatic carbocycles. The second-order valence-corrected chi connectivity index (χ2v) is 4.54. The first-order valence-electron chi connectivity index (χ1n) is 5.28. The largest absolute Gasteiger partial charge is 0.368 e. The minimum atomic E-state index is 0.456. The van der Waals surface area contributed by atoms with Gasteiger partial charge >= 0.3 is 0 Å². The molecule has 0 saturated carbocycles. The van der Waals surface area contributed by atoms with Crippen LogP contribution in [-0.2, 0) is 13.5 Å². The first-order chi connectivity index (χ1) is 6.49. The smallest absolute Gasteiger partial charge is 0.124 e. The fraction of sp³-hybridized carbons (Fsp3) is 0.727. The summed E-state index contributed by atoms with van der Waals surface area (Å²) in [5.74, 6) is 1.77. The standard InChI is InChI=1S/C11H21N3/c1-8(2)6-10-7-11(12-9(3)4)14(5)13-10/h7-9,12H,6H2,1-5H3. The average Bonchev–Trinajstić information content (AvgIpc) is 2.28. The van der Waals surface area contributed by atoms with Crippen molar-refractivity contribution in [2.45, 2.75) is 40.2 Å². The molecular formula is C11H21N3. The van der Waals surface area contributed by atoms with Crippen molar-refractivity contribution in [3.05, 3.63) is 11.8 Å². The molecule has 0 bridgehead atoms. The Labute approximate surface area is 86.5 Å². The minimum absolute atomic E-state index is 0.456. The molecule has 0 radical (unpaired) electrons. The van der Waals surface area contributed by atoms with Crippen molar-refractivity contribution in [2.75, 3.05) is 5.32 Å². The molecule has 3 nitrogen and oxygen atoms in total. The minimum Gasteiger partial charge on any atom is -0.368 e. The van der Waals surface area contributed by atoms with E-state index in [1.807, 2.05) is 11.7 Å². The topological polar surface area (TPSA) is 29.9 Å². The number of aryl methyl sites for hydroxylation is 1. The summed E-state index contributed by atoms with van der Waals surface area (Å²) in [5.41, 5.74) is 1.17. The molecular weight excluding hydrogens is 174 g/mol. The van der Waals surface area contributed by atoms with Gasteiger partial charge in [0.2, 0.25) is 0 Å². The van der Waals surface area contributed by atoms with Crippen LogP contribution >= 0.6 is 0 Å². The molecule has 0 saturated heterocycles. The summed E-state index contributed by atoms with van der Waals surface area (Å²) in [5, 5.41) is 7.83. The molecule has 0 unspecified atom stereocenters. The highest BCUT2D eigenvalue weighted by Gasteiger charge is 2.06. The second kappa shape index (κ2) is 4.49. The van der Waals surface area contributed by atoms with Crippen molar-refractivity contribution in [1.29, 1.82) is 0 Å². The summed E-state index contributed by atoms with van der Waals surface area (Å²) in [6.07, 6.45) is 1.05. The van der Waals surface area contributed by atoms with Gasteiger partial charge in [-0.3, -0.25) is 4.68 Å². The normalized spacial score (nSPS) is 11.4. The Balaban J connectivity index is 2.72. The Morgan fingerprint density at radius 1 is 1.36 bits per heavy atom. The van der Waals surface area contributed by atoms with Crippen LogP contribution in [0.25, 0.3) is 0 Å². The van der Waals surface area contributed by atoms with Gasteiger partial charge in [0, 0.05) is 19.2 Å². The second-order valence-electron chi connectivity index (χ2n) is 4.54. The fourth-order valence-electron chi connectivity index (χ4n) is 1.48. The van der Waals surface area contributed by atoms with Gasteiger partial charge in [0.1, 0.15) is 5.82 Å². The lowest BCUT2D eigenvalue weighted by atomic mass is 10.1. The molecule has 14 heavy (non-hydrogen) atoms. The molecule has 80 valence electrons. The van der Waals surface area contributed by atoms with E-state index in [2.05, 4.69) is 44.2 Å². The maximum Gasteiger partial charge on any atom is 0.124 e. The molecule has 1 aromatic rings. The average molecular weight is 195 g/mol. The number of rotatable bonds is 4. The third-order valence-electron chi connectivity index (χ3n) is 1.98. The van der Waals surface area contributed by atoms with Crippen molar-refractivity contribution in [2.24, 2.45) is 13.0 Å². The Morgan fingerprint density at radius 2 is 2.00 bits per heavy atom. The highest BCUT2D eigenvalue weighted by Crippen LogP contribution is 2.13. The molecule has 0 atom stereocenters. The number of aromatic nitrogens is 2. The van der Waals surface area contributed by atoms with Crippen LogP contribution in [0.2, 0.25) is 0 Å². The molecule has 1 aromatic heterocycles. The van der Waals surface area contributed by atoms with Gasteiger partial charge in [0.15, 0.2) is 0 Å². The molecule has 1 rings (SSSR count). The Bertz CT molecular complexity index is 287. The quantitative estimate of drug-likeness (QED) is 0.799. The van der Waals surface area contributed by atoms with Gasteiger partial charge in [-0.15, -0.1) is 0 Å². The van der Waals surface area contributed by atoms with Crippen molar-refractivity contribution in [3.63, 3.8) is 0 Å². The van der Waals surface area contributed by atoms with Gasteiger partial charge in [0.25, 0.3) is 0 Å². The van der Waals surface area contributed by atoms with Crippen LogP contribution in [-0.4, -0.2) is 15.8 Å². The molecule has 0 aliphatic carbocycles. The number of hydrogen-bond acceptors (Lipinski definition) is 2. The number of anilines is 1. The van der Waals surface area contributed by atoms with E-state index in [4.69, 9.17) is 0 Å². The van der Waals surface area contributed by atoms with Gasteiger partial charge in [0.05, 0.1) is 5.69 Å². The zero-order valence-electron chi connectivity index (χ0n) is 9.83. The first-order valence-corrected chi connectivity index (χ1v) is 5.28. The third-order valence-corrected chi connectivity index (χ3v) is 1.98. The summed E-state index contributed by atoms with van der Waals surface area (Å²) in [7, 11) is 1.98. The van der Waals surface area contributed by atoms with E-state index in [0.29, 0.717) is 12.0 Å². The Morgan fingerprint density at radius 3 is 2.50 bits per heavy atom. The summed E-state index contributed by atoms with van der Waals surface area (Å²) in [6.45, 7) is 8.69. The van der Waals surface area contributed by atoms with Gasteiger partial charge in [-0.1, -0.05) is 13.8 Å². The molecule has 1 N–H and O–H groups in total. The van der Waals surface area contributed by atoms with Crippen LogP contribution in [0.1, 0.15) is 33.4 Å². The predicted molar refractivity (Wildman–Crippen MR) is 60.5 cm³/mol. The van der Waals surface area contributed by atoms with Crippen LogP contribution in [0.3, 0.4) is 0 Å². The van der Waals surface area contributed by atoms with Crippen molar-refractivity contribution in [3.8, 4) is 0 Å². The SMILES string of the molecule is CC(C)Cc1cc(NC(C)C)n(C)n1. The number of hydrogen-bond donors (Lipinski definition) is 1. The lowest BCUT2D eigenvalue weighted by Crippen LogP contribution is -2.12. The van der Waals surface area contributed by atoms with Gasteiger partial charge in [-0.25, -0.2) is 0 Å². The summed E-state index contributed by atoms with van der Waals surface area (Å²) in [4.78, 5) is 0. The Kier molecular flexibility index (Phi) is 3.55. The molecule has 3 heteroatoms. The van der Waals surface area contributed by atoms with E-state index >= 15 is 0 Å². The number of nitrogens with one attached hydrogen (secondary N) is 1. The zero-order chi connectivity index (χ0) is 10.7. The summed E-state index contributed by atoms with van der Waals surface area (Å²) < 4.78 is 1.91. The highest BCUT2D eigenvalue weighted by molar-refractivity contribution is 5.37. The lowest BCUT2D eigenvalue weighted by molar-refractivity contribution is 0.620. The Hall–Kier alpha value is -0.990. The van der Waals surface area contributed by atoms with E-state index in [0.717, 1.165) is 12.2 Å². The molecule has 0 amide bonds. The van der Waals surface area contributed by atoms with E-state index in [1.54, 1.807) is 0 Å². The van der Waals surface area contributed by atoms with E-state index in [1.165, 1.54) is 5.69 Å². The van der Waals surface area contributed by atoms with E-state index < -0.39 is 0 Å². The van der Waals surface area contributed by atoms with E-state index in [-0.39, 0.29) is 0 Å². The molecule has 0 aliphatic rings. The van der Waals surface area contributed by atoms with Crippen LogP contribution in [0.5, 0.6) is 0 Å². The van der Waals surface area contributed by atoms with Crippen LogP contribution < -0.4 is 5.32 Å². The molecule has 0 aliphatic heterocycles. The van der Waals surface area contributed by atoms with Crippen LogP contribution in [0.4, 0.5) is 5.82 Å². The molecule has 0 spiro atoms. The van der Waals surface area contributed by atoms with Gasteiger partial charge in [-0.05, 0) is 26.2 Å². The van der Waals surface area contributed by atoms with Crippen LogP contribution in [0, 0.1) is 5.92 Å². The van der Waals surface area contributed by atoms with Crippen LogP contribution in [0.15, 0.2) is 6.07 Å². The molecule has 1 heterocycles.